The van der Waals surface area contributed by atoms with E-state index in [1.54, 1.807) is 12.1 Å². The van der Waals surface area contributed by atoms with Crippen LogP contribution < -0.4 is 5.32 Å². The van der Waals surface area contributed by atoms with E-state index in [9.17, 15) is 24.8 Å². The Hall–Kier alpha value is -3.22. The van der Waals surface area contributed by atoms with E-state index in [0.717, 1.165) is 5.56 Å². The summed E-state index contributed by atoms with van der Waals surface area (Å²) in [6.07, 6.45) is -0.297. The second-order valence-corrected chi connectivity index (χ2v) is 7.70. The fourth-order valence-corrected chi connectivity index (χ4v) is 2.95. The summed E-state index contributed by atoms with van der Waals surface area (Å²) < 4.78 is 0. The molecule has 0 aliphatic carbocycles. The van der Waals surface area contributed by atoms with Crippen LogP contribution in [0.5, 0.6) is 0 Å². The Morgan fingerprint density at radius 3 is 2.25 bits per heavy atom. The zero-order valence-electron chi connectivity index (χ0n) is 16.4. The van der Waals surface area contributed by atoms with Gasteiger partial charge >= 0.3 is 5.97 Å². The van der Waals surface area contributed by atoms with Crippen molar-refractivity contribution in [2.75, 3.05) is 0 Å². The molecule has 2 N–H and O–H groups in total. The van der Waals surface area contributed by atoms with Gasteiger partial charge in [0.05, 0.1) is 17.4 Å². The number of nitrogens with zero attached hydrogens (tertiary/aromatic N) is 1. The molecule has 0 aliphatic heterocycles. The number of carboxylic acids is 1. The lowest BCUT2D eigenvalue weighted by atomic mass is 9.86. The largest absolute Gasteiger partial charge is 0.481 e. The van der Waals surface area contributed by atoms with Crippen LogP contribution in [0.25, 0.3) is 0 Å². The molecule has 7 heteroatoms. The van der Waals surface area contributed by atoms with Gasteiger partial charge in [-0.2, -0.15) is 0 Å². The van der Waals surface area contributed by atoms with Gasteiger partial charge in [0.2, 0.25) is 0 Å². The predicted octanol–water partition coefficient (Wildman–Crippen LogP) is 4.15. The molecule has 7 nitrogen and oxygen atoms in total. The lowest BCUT2D eigenvalue weighted by Crippen LogP contribution is -2.31. The van der Waals surface area contributed by atoms with Crippen molar-refractivity contribution in [3.63, 3.8) is 0 Å². The van der Waals surface area contributed by atoms with Crippen molar-refractivity contribution < 1.29 is 19.6 Å². The number of hydrogen-bond acceptors (Lipinski definition) is 4. The van der Waals surface area contributed by atoms with Gasteiger partial charge in [0.25, 0.3) is 11.6 Å². The molecule has 2 aromatic rings. The Morgan fingerprint density at radius 2 is 1.75 bits per heavy atom. The molecule has 0 fully saturated rings. The summed E-state index contributed by atoms with van der Waals surface area (Å²) in [7, 11) is 0. The van der Waals surface area contributed by atoms with Crippen LogP contribution in [0, 0.1) is 17.0 Å². The van der Waals surface area contributed by atoms with Crippen molar-refractivity contribution in [1.29, 1.82) is 0 Å². The number of aliphatic carboxylic acids is 1. The minimum Gasteiger partial charge on any atom is -0.481 e. The Bertz CT molecular complexity index is 898. The van der Waals surface area contributed by atoms with Crippen LogP contribution >= 0.6 is 0 Å². The summed E-state index contributed by atoms with van der Waals surface area (Å²) in [5.74, 6) is -1.60. The predicted molar refractivity (Wildman–Crippen MR) is 105 cm³/mol. The van der Waals surface area contributed by atoms with E-state index in [0.29, 0.717) is 5.56 Å². The molecule has 0 aromatic heterocycles. The first kappa shape index (κ1) is 21.1. The van der Waals surface area contributed by atoms with Gasteiger partial charge in [-0.3, -0.25) is 19.7 Å². The van der Waals surface area contributed by atoms with Crippen LogP contribution in [0.4, 0.5) is 5.69 Å². The minimum atomic E-state index is -1.05. The fourth-order valence-electron chi connectivity index (χ4n) is 2.95. The zero-order chi connectivity index (χ0) is 21.1. The highest BCUT2D eigenvalue weighted by molar-refractivity contribution is 5.97. The number of nitro benzene ring substituents is 1. The number of carbonyl (C=O) groups excluding carboxylic acids is 1. The molecule has 28 heavy (non-hydrogen) atoms. The minimum absolute atomic E-state index is 0.0514. The van der Waals surface area contributed by atoms with Gasteiger partial charge in [0, 0.05) is 17.2 Å². The van der Waals surface area contributed by atoms with Crippen molar-refractivity contribution in [2.45, 2.75) is 45.6 Å². The lowest BCUT2D eigenvalue weighted by molar-refractivity contribution is -0.385. The van der Waals surface area contributed by atoms with Crippen LogP contribution in [-0.2, 0) is 10.2 Å². The molecule has 0 saturated carbocycles. The van der Waals surface area contributed by atoms with E-state index in [-0.39, 0.29) is 28.7 Å². The molecule has 0 bridgehead atoms. The Kier molecular flexibility index (Phi) is 6.18. The van der Waals surface area contributed by atoms with Gasteiger partial charge in [-0.1, -0.05) is 51.1 Å². The topological polar surface area (TPSA) is 110 Å². The smallest absolute Gasteiger partial charge is 0.305 e. The second-order valence-electron chi connectivity index (χ2n) is 7.70. The highest BCUT2D eigenvalue weighted by Gasteiger charge is 2.23. The van der Waals surface area contributed by atoms with Gasteiger partial charge in [0.1, 0.15) is 0 Å². The second kappa shape index (κ2) is 8.21. The van der Waals surface area contributed by atoms with E-state index in [1.807, 2.05) is 12.1 Å². The van der Waals surface area contributed by atoms with Gasteiger partial charge in [0.15, 0.2) is 0 Å². The van der Waals surface area contributed by atoms with Gasteiger partial charge in [-0.25, -0.2) is 0 Å². The molecule has 1 unspecified atom stereocenters. The first-order valence-electron chi connectivity index (χ1n) is 8.88. The quantitative estimate of drug-likeness (QED) is 0.574. The third-order valence-electron chi connectivity index (χ3n) is 4.61. The molecular formula is C21H24N2O5. The number of benzene rings is 2. The summed E-state index contributed by atoms with van der Waals surface area (Å²) in [5, 5.41) is 23.0. The van der Waals surface area contributed by atoms with E-state index >= 15 is 0 Å². The summed E-state index contributed by atoms with van der Waals surface area (Å²) in [6, 6.07) is 10.9. The van der Waals surface area contributed by atoms with Crippen molar-refractivity contribution >= 4 is 17.6 Å². The zero-order valence-corrected chi connectivity index (χ0v) is 16.4. The van der Waals surface area contributed by atoms with Crippen LogP contribution in [0.3, 0.4) is 0 Å². The van der Waals surface area contributed by atoms with Crippen LogP contribution in [0.2, 0.25) is 0 Å². The number of rotatable bonds is 6. The number of carboxylic acid groups (broad SMARTS) is 1. The van der Waals surface area contributed by atoms with E-state index in [2.05, 4.69) is 26.1 Å². The molecule has 0 spiro atoms. The van der Waals surface area contributed by atoms with Gasteiger partial charge in [-0.15, -0.1) is 0 Å². The normalized spacial score (nSPS) is 12.3. The standard InChI is InChI=1S/C21H24N2O5/c1-13-16(6-5-7-18(13)23(27)28)20(26)22-17(12-19(24)25)14-8-10-15(11-9-14)21(2,3)4/h5-11,17H,12H2,1-4H3,(H,22,26)(H,24,25). The number of carbonyl (C=O) groups is 2. The van der Waals surface area contributed by atoms with Gasteiger partial charge < -0.3 is 10.4 Å². The average molecular weight is 384 g/mol. The van der Waals surface area contributed by atoms with E-state index in [4.69, 9.17) is 0 Å². The Labute approximate surface area is 163 Å². The highest BCUT2D eigenvalue weighted by atomic mass is 16.6. The molecule has 2 aromatic carbocycles. The van der Waals surface area contributed by atoms with Crippen molar-refractivity contribution in [3.8, 4) is 0 Å². The Morgan fingerprint density at radius 1 is 1.14 bits per heavy atom. The van der Waals surface area contributed by atoms with E-state index < -0.39 is 22.8 Å². The van der Waals surface area contributed by atoms with Crippen molar-refractivity contribution in [2.24, 2.45) is 0 Å². The molecule has 0 saturated heterocycles. The molecule has 0 radical (unpaired) electrons. The number of amides is 1. The summed E-state index contributed by atoms with van der Waals surface area (Å²) in [4.78, 5) is 34.5. The fraction of sp³-hybridized carbons (Fsp3) is 0.333. The van der Waals surface area contributed by atoms with Crippen molar-refractivity contribution in [3.05, 3.63) is 74.8 Å². The third-order valence-corrected chi connectivity index (χ3v) is 4.61. The maximum absolute atomic E-state index is 12.7. The molecule has 1 amide bonds. The summed E-state index contributed by atoms with van der Waals surface area (Å²) in [6.45, 7) is 7.72. The number of nitro groups is 1. The first-order chi connectivity index (χ1) is 13.0. The maximum Gasteiger partial charge on any atom is 0.305 e. The molecule has 0 heterocycles. The maximum atomic E-state index is 12.7. The summed E-state index contributed by atoms with van der Waals surface area (Å²) >= 11 is 0. The SMILES string of the molecule is Cc1c(C(=O)NC(CC(=O)O)c2ccc(C(C)(C)C)cc2)cccc1[N+](=O)[O-]. The number of hydrogen-bond donors (Lipinski definition) is 2. The van der Waals surface area contributed by atoms with E-state index in [1.165, 1.54) is 25.1 Å². The highest BCUT2D eigenvalue weighted by Crippen LogP contribution is 2.26. The molecule has 2 rings (SSSR count). The molecule has 0 aliphatic rings. The van der Waals surface area contributed by atoms with Crippen LogP contribution in [-0.4, -0.2) is 21.9 Å². The van der Waals surface area contributed by atoms with Gasteiger partial charge in [-0.05, 0) is 29.5 Å². The lowest BCUT2D eigenvalue weighted by Gasteiger charge is -2.22. The molecular weight excluding hydrogens is 360 g/mol. The third kappa shape index (κ3) is 4.94. The molecule has 148 valence electrons. The number of nitrogens with one attached hydrogen (secondary N) is 1. The van der Waals surface area contributed by atoms with Crippen LogP contribution in [0.15, 0.2) is 42.5 Å². The Balaban J connectivity index is 2.32. The van der Waals surface area contributed by atoms with Crippen LogP contribution in [0.1, 0.15) is 60.3 Å². The summed E-state index contributed by atoms with van der Waals surface area (Å²) in [5.41, 5.74) is 1.93. The average Bonchev–Trinajstić information content (AvgIpc) is 2.60. The van der Waals surface area contributed by atoms with Crippen molar-refractivity contribution in [1.82, 2.24) is 5.32 Å². The molecule has 1 atom stereocenters. The monoisotopic (exact) mass is 384 g/mol. The first-order valence-corrected chi connectivity index (χ1v) is 8.88.